The minimum Gasteiger partial charge on any atom is -0.377 e. The zero-order valence-electron chi connectivity index (χ0n) is 20.5. The van der Waals surface area contributed by atoms with Crippen LogP contribution in [-0.4, -0.2) is 47.2 Å². The Morgan fingerprint density at radius 1 is 0.906 bits per heavy atom. The van der Waals surface area contributed by atoms with Gasteiger partial charge in [-0.3, -0.25) is 14.9 Å². The van der Waals surface area contributed by atoms with E-state index in [1.54, 1.807) is 0 Å². The topological polar surface area (TPSA) is 50.3 Å². The predicted molar refractivity (Wildman–Crippen MR) is 132 cm³/mol. The Hall–Kier alpha value is -1.82. The number of nitrogens with zero attached hydrogens (tertiary/aromatic N) is 3. The molecule has 32 heavy (non-hydrogen) atoms. The van der Waals surface area contributed by atoms with Crippen LogP contribution in [0.4, 0.5) is 0 Å². The molecule has 2 fully saturated rings. The number of piperidine rings is 1. The normalized spacial score (nSPS) is 23.9. The van der Waals surface area contributed by atoms with E-state index >= 15 is 0 Å². The van der Waals surface area contributed by atoms with Crippen LogP contribution in [0.2, 0.25) is 0 Å². The first kappa shape index (κ1) is 24.8. The van der Waals surface area contributed by atoms with Crippen molar-refractivity contribution in [3.05, 3.63) is 59.2 Å². The number of ether oxygens (including phenoxy) is 1. The number of rotatable bonds is 7. The highest BCUT2D eigenvalue weighted by Crippen LogP contribution is 2.41. The summed E-state index contributed by atoms with van der Waals surface area (Å²) in [5, 5.41) is 3.67. The molecule has 4 heterocycles. The number of hydrogen-bond acceptors (Lipinski definition) is 5. The van der Waals surface area contributed by atoms with E-state index in [4.69, 9.17) is 14.7 Å². The Morgan fingerprint density at radius 2 is 1.53 bits per heavy atom. The Bertz CT molecular complexity index is 752. The van der Waals surface area contributed by atoms with Gasteiger partial charge in [-0.2, -0.15) is 0 Å². The molecule has 0 aromatic carbocycles. The van der Waals surface area contributed by atoms with E-state index in [0.717, 1.165) is 39.1 Å². The first-order chi connectivity index (χ1) is 15.7. The van der Waals surface area contributed by atoms with Gasteiger partial charge in [-0.25, -0.2) is 0 Å². The van der Waals surface area contributed by atoms with Crippen molar-refractivity contribution in [1.29, 1.82) is 0 Å². The van der Waals surface area contributed by atoms with Crippen LogP contribution in [-0.2, 0) is 4.74 Å². The molecule has 5 heteroatoms. The maximum Gasteiger partial charge on any atom is 0.0699 e. The van der Waals surface area contributed by atoms with Crippen molar-refractivity contribution >= 4 is 0 Å². The van der Waals surface area contributed by atoms with Gasteiger partial charge in [0.15, 0.2) is 0 Å². The second-order valence-corrected chi connectivity index (χ2v) is 8.80. The fourth-order valence-electron chi connectivity index (χ4n) is 5.09. The summed E-state index contributed by atoms with van der Waals surface area (Å²) in [5.74, 6) is 0. The van der Waals surface area contributed by atoms with Gasteiger partial charge < -0.3 is 10.1 Å². The molecule has 2 aliphatic rings. The SMILES string of the molecule is CC.Cc1cccnc1C1CCCC(c2ncccc2C)N1CCNCC1CCCCO1. The number of aromatic nitrogens is 2. The lowest BCUT2D eigenvalue weighted by molar-refractivity contribution is 0.0155. The van der Waals surface area contributed by atoms with E-state index in [-0.39, 0.29) is 0 Å². The third kappa shape index (κ3) is 6.37. The number of nitrogens with one attached hydrogen (secondary N) is 1. The zero-order chi connectivity index (χ0) is 22.8. The third-order valence-corrected chi connectivity index (χ3v) is 6.68. The van der Waals surface area contributed by atoms with Gasteiger partial charge in [0.1, 0.15) is 0 Å². The van der Waals surface area contributed by atoms with Crippen LogP contribution < -0.4 is 5.32 Å². The van der Waals surface area contributed by atoms with Crippen LogP contribution in [0, 0.1) is 13.8 Å². The molecule has 0 radical (unpaired) electrons. The highest BCUT2D eigenvalue weighted by atomic mass is 16.5. The third-order valence-electron chi connectivity index (χ3n) is 6.68. The molecule has 2 aromatic rings. The Kier molecular flexibility index (Phi) is 10.1. The minimum atomic E-state index is 0.346. The highest BCUT2D eigenvalue weighted by Gasteiger charge is 2.34. The van der Waals surface area contributed by atoms with Crippen LogP contribution >= 0.6 is 0 Å². The number of hydrogen-bond donors (Lipinski definition) is 1. The molecule has 1 N–H and O–H groups in total. The van der Waals surface area contributed by atoms with Gasteiger partial charge in [-0.15, -0.1) is 0 Å². The van der Waals surface area contributed by atoms with E-state index in [1.165, 1.54) is 48.2 Å². The molecule has 2 saturated heterocycles. The Labute approximate surface area is 195 Å². The molecule has 4 rings (SSSR count). The van der Waals surface area contributed by atoms with Crippen molar-refractivity contribution in [2.75, 3.05) is 26.2 Å². The second kappa shape index (κ2) is 13.0. The maximum absolute atomic E-state index is 5.89. The minimum absolute atomic E-state index is 0.346. The quantitative estimate of drug-likeness (QED) is 0.575. The van der Waals surface area contributed by atoms with Crippen LogP contribution in [0.15, 0.2) is 36.7 Å². The van der Waals surface area contributed by atoms with Crippen molar-refractivity contribution < 1.29 is 4.74 Å². The molecular formula is C27H42N4O. The number of pyridine rings is 2. The van der Waals surface area contributed by atoms with Crippen LogP contribution in [0.25, 0.3) is 0 Å². The van der Waals surface area contributed by atoms with E-state index in [0.29, 0.717) is 18.2 Å². The summed E-state index contributed by atoms with van der Waals surface area (Å²) in [7, 11) is 0. The Morgan fingerprint density at radius 3 is 2.06 bits per heavy atom. The predicted octanol–water partition coefficient (Wildman–Crippen LogP) is 5.55. The summed E-state index contributed by atoms with van der Waals surface area (Å²) in [4.78, 5) is 12.3. The van der Waals surface area contributed by atoms with Crippen molar-refractivity contribution in [1.82, 2.24) is 20.2 Å². The van der Waals surface area contributed by atoms with Crippen LogP contribution in [0.1, 0.15) is 87.0 Å². The van der Waals surface area contributed by atoms with E-state index in [2.05, 4.69) is 36.2 Å². The fourth-order valence-corrected chi connectivity index (χ4v) is 5.09. The fraction of sp³-hybridized carbons (Fsp3) is 0.630. The van der Waals surface area contributed by atoms with E-state index < -0.39 is 0 Å². The second-order valence-electron chi connectivity index (χ2n) is 8.80. The first-order valence-corrected chi connectivity index (χ1v) is 12.6. The van der Waals surface area contributed by atoms with Crippen LogP contribution in [0.5, 0.6) is 0 Å². The van der Waals surface area contributed by atoms with Crippen molar-refractivity contribution in [2.45, 2.75) is 84.4 Å². The molecule has 0 spiro atoms. The summed E-state index contributed by atoms with van der Waals surface area (Å²) in [6.45, 7) is 12.2. The van der Waals surface area contributed by atoms with Gasteiger partial charge in [0.25, 0.3) is 0 Å². The van der Waals surface area contributed by atoms with Crippen molar-refractivity contribution in [3.63, 3.8) is 0 Å². The summed E-state index contributed by atoms with van der Waals surface area (Å²) < 4.78 is 5.89. The van der Waals surface area contributed by atoms with E-state index in [1.807, 2.05) is 38.4 Å². The molecule has 2 aromatic heterocycles. The molecule has 176 valence electrons. The molecular weight excluding hydrogens is 396 g/mol. The average molecular weight is 439 g/mol. The molecule has 0 amide bonds. The molecule has 2 aliphatic heterocycles. The first-order valence-electron chi connectivity index (χ1n) is 12.6. The van der Waals surface area contributed by atoms with Crippen molar-refractivity contribution in [2.24, 2.45) is 0 Å². The van der Waals surface area contributed by atoms with Gasteiger partial charge in [-0.1, -0.05) is 26.0 Å². The van der Waals surface area contributed by atoms with Crippen LogP contribution in [0.3, 0.4) is 0 Å². The van der Waals surface area contributed by atoms with Gasteiger partial charge in [0, 0.05) is 38.6 Å². The molecule has 3 atom stereocenters. The Balaban J connectivity index is 0.00000141. The number of aryl methyl sites for hydroxylation is 2. The van der Waals surface area contributed by atoms with Gasteiger partial charge in [-0.05, 0) is 75.6 Å². The molecule has 0 aliphatic carbocycles. The maximum atomic E-state index is 5.89. The molecule has 0 saturated carbocycles. The van der Waals surface area contributed by atoms with Crippen molar-refractivity contribution in [3.8, 4) is 0 Å². The average Bonchev–Trinajstić information content (AvgIpc) is 2.84. The highest BCUT2D eigenvalue weighted by molar-refractivity contribution is 5.26. The largest absolute Gasteiger partial charge is 0.377 e. The standard InChI is InChI=1S/C25H36N4O.C2H6/c1-19-8-6-13-27-24(19)22-11-5-12-23(25-20(2)9-7-14-28-25)29(22)16-15-26-18-21-10-3-4-17-30-21;1-2/h6-9,13-14,21-23,26H,3-5,10-12,15-18H2,1-2H3;1-2H3. The monoisotopic (exact) mass is 438 g/mol. The lowest BCUT2D eigenvalue weighted by Crippen LogP contribution is -2.43. The lowest BCUT2D eigenvalue weighted by atomic mass is 9.89. The zero-order valence-corrected chi connectivity index (χ0v) is 20.5. The van der Waals surface area contributed by atoms with Gasteiger partial charge in [0.05, 0.1) is 29.6 Å². The van der Waals surface area contributed by atoms with E-state index in [9.17, 15) is 0 Å². The number of likely N-dealkylation sites (tertiary alicyclic amines) is 1. The summed E-state index contributed by atoms with van der Waals surface area (Å²) in [5.41, 5.74) is 5.03. The molecule has 0 bridgehead atoms. The molecule has 5 nitrogen and oxygen atoms in total. The summed E-state index contributed by atoms with van der Waals surface area (Å²) in [6.07, 6.45) is 11.5. The summed E-state index contributed by atoms with van der Waals surface area (Å²) in [6, 6.07) is 9.15. The van der Waals surface area contributed by atoms with Gasteiger partial charge in [0.2, 0.25) is 0 Å². The lowest BCUT2D eigenvalue weighted by Gasteiger charge is -2.42. The molecule has 3 unspecified atom stereocenters. The van der Waals surface area contributed by atoms with Gasteiger partial charge >= 0.3 is 0 Å². The summed E-state index contributed by atoms with van der Waals surface area (Å²) >= 11 is 0. The smallest absolute Gasteiger partial charge is 0.0699 e.